The molecule has 0 aliphatic heterocycles. The van der Waals surface area contributed by atoms with Crippen LogP contribution in [0.1, 0.15) is 37.7 Å². The molecule has 0 amide bonds. The summed E-state index contributed by atoms with van der Waals surface area (Å²) < 4.78 is 0. The molecule has 0 N–H and O–H groups in total. The standard InChI is InChI=1S/5C16H11N2.C10H13.C7H8N.C6H5.C5H4N.CNS.5Ni/c5*1-3-10-17-15(8-1)13-6-5-7-14(12-13)16-9-2-4-11-18-16;1-10(2,3)9-7-5-4-6-8-9;1-6-4-3-5-7(2)8-6;2*1-2-4-6-5-3-1;2-1-3;;;;;/h5*1-11H;5-8H,1-3H3;4-5H,1-2H3;1-5H;2-5H;;;;;;/q10*-1;5*+2. The van der Waals surface area contributed by atoms with E-state index in [0.717, 1.165) is 124 Å². The summed E-state index contributed by atoms with van der Waals surface area (Å²) in [6.07, 6.45) is 21.3. The van der Waals surface area contributed by atoms with Crippen molar-refractivity contribution in [3.63, 3.8) is 0 Å². The zero-order valence-corrected chi connectivity index (χ0v) is 76.0. The zero-order valence-electron chi connectivity index (χ0n) is 70.2. The van der Waals surface area contributed by atoms with Gasteiger partial charge in [-0.3, -0.25) is 49.8 Å². The molecule has 0 saturated heterocycles. The molecule has 19 aromatic rings. The Morgan fingerprint density at radius 1 is 0.234 bits per heavy atom. The predicted molar refractivity (Wildman–Crippen MR) is 500 cm³/mol. The summed E-state index contributed by atoms with van der Waals surface area (Å²) in [5.41, 5.74) is 22.8. The van der Waals surface area contributed by atoms with Gasteiger partial charge in [0.15, 0.2) is 0 Å². The van der Waals surface area contributed by atoms with Crippen LogP contribution in [0.5, 0.6) is 0 Å². The average Bonchev–Trinajstić information content (AvgIpc) is 0.854. The first-order chi connectivity index (χ1) is 60.5. The summed E-state index contributed by atoms with van der Waals surface area (Å²) in [5.74, 6) is 0. The van der Waals surface area contributed by atoms with Gasteiger partial charge >= 0.3 is 82.5 Å². The van der Waals surface area contributed by atoms with Gasteiger partial charge in [-0.15, -0.1) is 121 Å². The number of thiocarbonyl (C=S) groups is 1. The largest absolute Gasteiger partial charge is 2.00 e. The third-order valence-electron chi connectivity index (χ3n) is 17.0. The van der Waals surface area contributed by atoms with Crippen LogP contribution in [0.25, 0.3) is 118 Å². The van der Waals surface area contributed by atoms with Gasteiger partial charge in [0, 0.05) is 119 Å². The molecular weight excluding hydrogens is 1820 g/mol. The van der Waals surface area contributed by atoms with E-state index < -0.39 is 0 Å². The Kier molecular flexibility index (Phi) is 50.2. The number of aryl methyl sites for hydroxylation is 2. The van der Waals surface area contributed by atoms with Crippen molar-refractivity contribution in [2.75, 3.05) is 0 Å². The SMILES string of the molecule is CC(C)(C)c1cc[c-]cc1.Cc1c[c-]cc(C)n1.[N-]=C=S.[Ni+2].[Ni+2].[Ni+2].[Ni+2].[Ni+2].[c-]1c(-c2ccccn2)cccc1-c1ccccn1.[c-]1c(-c2ccccn2)cccc1-c1ccccn1.[c-]1c(-c2ccccn2)cccc1-c1ccccn1.[c-]1c(-c2ccccn2)cccc1-c1ccccn1.[c-]1c(-c2ccccn2)cccc1-c1ccccn1.[c-]1ccccc1.[c-]1ccncc1. The Morgan fingerprint density at radius 3 is 0.547 bits per heavy atom. The van der Waals surface area contributed by atoms with Crippen molar-refractivity contribution in [3.8, 4) is 113 Å². The number of benzene rings is 7. The third kappa shape index (κ3) is 37.8. The van der Waals surface area contributed by atoms with Crippen LogP contribution in [-0.2, 0) is 87.9 Å². The molecule has 0 aliphatic rings. The molecule has 0 unspecified atom stereocenters. The summed E-state index contributed by atoms with van der Waals surface area (Å²) in [6.45, 7) is 10.6. The minimum Gasteiger partial charge on any atom is -0.753 e. The third-order valence-corrected chi connectivity index (χ3v) is 17.0. The van der Waals surface area contributed by atoms with Crippen LogP contribution in [-0.4, -0.2) is 65.0 Å². The van der Waals surface area contributed by atoms with Crippen molar-refractivity contribution in [3.05, 3.63) is 503 Å². The Labute approximate surface area is 808 Å². The second-order valence-electron chi connectivity index (χ2n) is 27.0. The number of isothiocyanates is 1. The molecule has 0 fully saturated rings. The Morgan fingerprint density at radius 2 is 0.430 bits per heavy atom. The number of rotatable bonds is 10. The monoisotopic (exact) mass is 1900 g/mol. The molecule has 0 spiro atoms. The number of hydrogen-bond acceptors (Lipinski definition) is 13. The van der Waals surface area contributed by atoms with Crippen molar-refractivity contribution < 1.29 is 82.5 Å². The van der Waals surface area contributed by atoms with Gasteiger partial charge in [0.1, 0.15) is 0 Å². The first-order valence-electron chi connectivity index (χ1n) is 39.2. The molecule has 0 saturated carbocycles. The molecule has 0 aliphatic carbocycles. The fourth-order valence-corrected chi connectivity index (χ4v) is 11.2. The normalized spacial score (nSPS) is 9.48. The predicted octanol–water partition coefficient (Wildman–Crippen LogP) is 25.4. The van der Waals surface area contributed by atoms with Crippen LogP contribution >= 0.6 is 12.2 Å². The number of pyridine rings is 12. The van der Waals surface area contributed by atoms with Crippen molar-refractivity contribution in [2.24, 2.45) is 0 Å². The topological polar surface area (TPSA) is 177 Å². The van der Waals surface area contributed by atoms with Gasteiger partial charge in [-0.1, -0.05) is 248 Å². The van der Waals surface area contributed by atoms with Crippen LogP contribution in [0, 0.1) is 68.4 Å². The van der Waals surface area contributed by atoms with E-state index >= 15 is 0 Å². The molecule has 642 valence electrons. The van der Waals surface area contributed by atoms with E-state index in [1.165, 1.54) is 10.7 Å². The summed E-state index contributed by atoms with van der Waals surface area (Å²) in [6, 6.07) is 142. The molecule has 12 heterocycles. The summed E-state index contributed by atoms with van der Waals surface area (Å²) in [4.78, 5) is 51.2. The molecule has 13 nitrogen and oxygen atoms in total. The Bertz CT molecular complexity index is 5070. The number of nitrogens with zero attached hydrogens (tertiary/aromatic N) is 13. The zero-order chi connectivity index (χ0) is 85.8. The van der Waals surface area contributed by atoms with Gasteiger partial charge in [0.2, 0.25) is 0 Å². The summed E-state index contributed by atoms with van der Waals surface area (Å²) in [5, 5.41) is 8.47. The van der Waals surface area contributed by atoms with Crippen molar-refractivity contribution >= 4 is 17.4 Å². The van der Waals surface area contributed by atoms with E-state index in [9.17, 15) is 0 Å². The minimum absolute atomic E-state index is 0. The van der Waals surface area contributed by atoms with E-state index in [1.54, 1.807) is 86.5 Å². The smallest absolute Gasteiger partial charge is 0.753 e. The molecule has 0 radical (unpaired) electrons. The fraction of sp³-hybridized carbons (Fsp3) is 0.0550. The quantitative estimate of drug-likeness (QED) is 0.0547. The first-order valence-corrected chi connectivity index (χ1v) is 39.6. The fourth-order valence-electron chi connectivity index (χ4n) is 11.2. The van der Waals surface area contributed by atoms with Crippen LogP contribution in [0.3, 0.4) is 0 Å². The first kappa shape index (κ1) is 105. The van der Waals surface area contributed by atoms with Crippen LogP contribution in [0.15, 0.2) is 426 Å². The maximum atomic E-state index is 7.13. The van der Waals surface area contributed by atoms with Crippen molar-refractivity contribution in [1.29, 1.82) is 0 Å². The number of aromatic nitrogens is 12. The molecular formula is C109H85N13Ni5S. The molecule has 0 atom stereocenters. The van der Waals surface area contributed by atoms with Crippen LogP contribution in [0.2, 0.25) is 0 Å². The molecule has 7 aromatic carbocycles. The van der Waals surface area contributed by atoms with Crippen LogP contribution in [0.4, 0.5) is 0 Å². The molecule has 128 heavy (non-hydrogen) atoms. The summed E-state index contributed by atoms with van der Waals surface area (Å²) >= 11 is 3.70. The average molecular weight is 1900 g/mol. The minimum atomic E-state index is 0. The molecule has 12 aromatic heterocycles. The van der Waals surface area contributed by atoms with E-state index in [4.69, 9.17) is 5.41 Å². The maximum absolute atomic E-state index is 7.13. The van der Waals surface area contributed by atoms with Gasteiger partial charge in [-0.25, -0.2) is 0 Å². The van der Waals surface area contributed by atoms with E-state index in [1.807, 2.05) is 341 Å². The van der Waals surface area contributed by atoms with E-state index in [2.05, 4.69) is 160 Å². The van der Waals surface area contributed by atoms with E-state index in [0.29, 0.717) is 0 Å². The Balaban J connectivity index is 0.000000258. The second kappa shape index (κ2) is 61.1. The van der Waals surface area contributed by atoms with Crippen molar-refractivity contribution in [2.45, 2.75) is 40.0 Å². The van der Waals surface area contributed by atoms with Gasteiger partial charge < -0.3 is 15.4 Å². The molecule has 0 bridgehead atoms. The van der Waals surface area contributed by atoms with Gasteiger partial charge in [0.05, 0.1) is 0 Å². The van der Waals surface area contributed by atoms with Crippen LogP contribution < -0.4 is 0 Å². The van der Waals surface area contributed by atoms with E-state index in [-0.39, 0.29) is 87.9 Å². The summed E-state index contributed by atoms with van der Waals surface area (Å²) in [7, 11) is 0. The van der Waals surface area contributed by atoms with Gasteiger partial charge in [-0.2, -0.15) is 114 Å². The second-order valence-corrected chi connectivity index (χ2v) is 27.2. The Hall–Kier alpha value is -13.4. The van der Waals surface area contributed by atoms with Gasteiger partial charge in [0.25, 0.3) is 0 Å². The van der Waals surface area contributed by atoms with Crippen molar-refractivity contribution in [1.82, 2.24) is 59.8 Å². The number of hydrogen-bond donors (Lipinski definition) is 0. The molecule has 19 rings (SSSR count). The maximum Gasteiger partial charge on any atom is 2.00 e. The molecule has 19 heteroatoms. The van der Waals surface area contributed by atoms with Gasteiger partial charge in [-0.05, 0) is 66.1 Å².